The average molecular weight is 331 g/mol. The SMILES string of the molecule is O=C(NCCI)c1cc2ccccc2s1. The van der Waals surface area contributed by atoms with Gasteiger partial charge in [0.15, 0.2) is 0 Å². The first-order chi connectivity index (χ1) is 7.31. The van der Waals surface area contributed by atoms with Crippen LogP contribution in [0.4, 0.5) is 0 Å². The zero-order chi connectivity index (χ0) is 10.7. The van der Waals surface area contributed by atoms with Gasteiger partial charge in [-0.25, -0.2) is 0 Å². The van der Waals surface area contributed by atoms with Gasteiger partial charge in [-0.2, -0.15) is 0 Å². The van der Waals surface area contributed by atoms with E-state index in [-0.39, 0.29) is 5.91 Å². The minimum absolute atomic E-state index is 0.0351. The van der Waals surface area contributed by atoms with E-state index < -0.39 is 0 Å². The van der Waals surface area contributed by atoms with Gasteiger partial charge >= 0.3 is 0 Å². The van der Waals surface area contributed by atoms with Crippen LogP contribution in [0.3, 0.4) is 0 Å². The Morgan fingerprint density at radius 1 is 1.40 bits per heavy atom. The summed E-state index contributed by atoms with van der Waals surface area (Å²) in [5, 5.41) is 4.01. The van der Waals surface area contributed by atoms with Crippen molar-refractivity contribution in [3.63, 3.8) is 0 Å². The lowest BCUT2D eigenvalue weighted by Gasteiger charge is -1.98. The molecule has 0 spiro atoms. The predicted molar refractivity (Wildman–Crippen MR) is 73.0 cm³/mol. The van der Waals surface area contributed by atoms with Crippen LogP contribution in [-0.2, 0) is 0 Å². The molecule has 0 saturated heterocycles. The number of alkyl halides is 1. The number of carbonyl (C=O) groups is 1. The molecule has 1 amide bonds. The molecule has 0 aliphatic rings. The van der Waals surface area contributed by atoms with Crippen LogP contribution in [0.2, 0.25) is 0 Å². The minimum Gasteiger partial charge on any atom is -0.351 e. The van der Waals surface area contributed by atoms with Crippen molar-refractivity contribution in [1.29, 1.82) is 0 Å². The van der Waals surface area contributed by atoms with Crippen LogP contribution in [0.5, 0.6) is 0 Å². The van der Waals surface area contributed by atoms with Gasteiger partial charge in [-0.3, -0.25) is 4.79 Å². The van der Waals surface area contributed by atoms with Crippen LogP contribution in [-0.4, -0.2) is 16.9 Å². The molecule has 1 aromatic carbocycles. The average Bonchev–Trinajstić information content (AvgIpc) is 2.69. The third-order valence-corrected chi connectivity index (χ3v) is 3.68. The molecule has 0 bridgehead atoms. The zero-order valence-electron chi connectivity index (χ0n) is 8.00. The van der Waals surface area contributed by atoms with Crippen molar-refractivity contribution >= 4 is 49.9 Å². The fourth-order valence-corrected chi connectivity index (χ4v) is 2.59. The molecule has 2 aromatic rings. The molecule has 1 heterocycles. The highest BCUT2D eigenvalue weighted by Gasteiger charge is 2.08. The number of carbonyl (C=O) groups excluding carboxylic acids is 1. The molecule has 2 nitrogen and oxygen atoms in total. The Bertz CT molecular complexity index is 447. The number of hydrogen-bond donors (Lipinski definition) is 1. The van der Waals surface area contributed by atoms with Crippen LogP contribution >= 0.6 is 33.9 Å². The van der Waals surface area contributed by atoms with Crippen LogP contribution in [0.25, 0.3) is 10.1 Å². The molecule has 2 rings (SSSR count). The van der Waals surface area contributed by atoms with Crippen LogP contribution in [0, 0.1) is 0 Å². The van der Waals surface area contributed by atoms with E-state index in [9.17, 15) is 4.79 Å². The third kappa shape index (κ3) is 2.49. The summed E-state index contributed by atoms with van der Waals surface area (Å²) >= 11 is 3.78. The Hall–Kier alpha value is -0.620. The van der Waals surface area contributed by atoms with Crippen molar-refractivity contribution < 1.29 is 4.79 Å². The standard InChI is InChI=1S/C11H10INOS/c12-5-6-13-11(14)10-7-8-3-1-2-4-9(8)15-10/h1-4,7H,5-6H2,(H,13,14). The monoisotopic (exact) mass is 331 g/mol. The number of amides is 1. The highest BCUT2D eigenvalue weighted by Crippen LogP contribution is 2.24. The topological polar surface area (TPSA) is 29.1 Å². The molecule has 1 aromatic heterocycles. The smallest absolute Gasteiger partial charge is 0.261 e. The lowest BCUT2D eigenvalue weighted by atomic mass is 10.2. The minimum atomic E-state index is 0.0351. The molecule has 0 atom stereocenters. The van der Waals surface area contributed by atoms with Gasteiger partial charge in [0.05, 0.1) is 4.88 Å². The first-order valence-corrected chi connectivity index (χ1v) is 6.98. The third-order valence-electron chi connectivity index (χ3n) is 2.03. The summed E-state index contributed by atoms with van der Waals surface area (Å²) in [6, 6.07) is 9.99. The van der Waals surface area contributed by atoms with E-state index >= 15 is 0 Å². The normalized spacial score (nSPS) is 10.5. The van der Waals surface area contributed by atoms with Gasteiger partial charge in [0, 0.05) is 15.7 Å². The van der Waals surface area contributed by atoms with Crippen molar-refractivity contribution in [1.82, 2.24) is 5.32 Å². The highest BCUT2D eigenvalue weighted by atomic mass is 127. The molecule has 0 aliphatic heterocycles. The second-order valence-electron chi connectivity index (χ2n) is 3.09. The largest absolute Gasteiger partial charge is 0.351 e. The summed E-state index contributed by atoms with van der Waals surface area (Å²) in [7, 11) is 0. The number of thiophene rings is 1. The molecule has 0 radical (unpaired) electrons. The van der Waals surface area contributed by atoms with Gasteiger partial charge in [0.25, 0.3) is 5.91 Å². The Morgan fingerprint density at radius 2 is 2.20 bits per heavy atom. The Balaban J connectivity index is 2.25. The van der Waals surface area contributed by atoms with Gasteiger partial charge in [-0.05, 0) is 17.5 Å². The maximum atomic E-state index is 11.7. The number of fused-ring (bicyclic) bond motifs is 1. The number of benzene rings is 1. The van der Waals surface area contributed by atoms with Gasteiger partial charge < -0.3 is 5.32 Å². The van der Waals surface area contributed by atoms with E-state index in [4.69, 9.17) is 0 Å². The molecular formula is C11H10INOS. The first kappa shape index (κ1) is 10.9. The summed E-state index contributed by atoms with van der Waals surface area (Å²) < 4.78 is 2.10. The Kier molecular flexibility index (Phi) is 3.58. The summed E-state index contributed by atoms with van der Waals surface area (Å²) in [6.07, 6.45) is 0. The first-order valence-electron chi connectivity index (χ1n) is 4.64. The second-order valence-corrected chi connectivity index (χ2v) is 5.26. The lowest BCUT2D eigenvalue weighted by Crippen LogP contribution is -2.24. The molecule has 78 valence electrons. The molecule has 0 saturated carbocycles. The highest BCUT2D eigenvalue weighted by molar-refractivity contribution is 14.1. The summed E-state index contributed by atoms with van der Waals surface area (Å²) in [5.74, 6) is 0.0351. The van der Waals surface area contributed by atoms with Crippen LogP contribution < -0.4 is 5.32 Å². The van der Waals surface area contributed by atoms with Gasteiger partial charge in [-0.1, -0.05) is 40.8 Å². The molecular weight excluding hydrogens is 321 g/mol. The van der Waals surface area contributed by atoms with E-state index in [2.05, 4.69) is 27.9 Å². The van der Waals surface area contributed by atoms with E-state index in [1.54, 1.807) is 11.3 Å². The van der Waals surface area contributed by atoms with Crippen LogP contribution in [0.1, 0.15) is 9.67 Å². The fourth-order valence-electron chi connectivity index (χ4n) is 1.34. The molecule has 1 N–H and O–H groups in total. The van der Waals surface area contributed by atoms with Crippen molar-refractivity contribution in [2.45, 2.75) is 0 Å². The van der Waals surface area contributed by atoms with E-state index in [1.165, 1.54) is 0 Å². The number of rotatable bonds is 3. The van der Waals surface area contributed by atoms with Crippen molar-refractivity contribution in [3.8, 4) is 0 Å². The quantitative estimate of drug-likeness (QED) is 0.680. The van der Waals surface area contributed by atoms with Crippen molar-refractivity contribution in [2.24, 2.45) is 0 Å². The molecule has 0 aliphatic carbocycles. The maximum Gasteiger partial charge on any atom is 0.261 e. The summed E-state index contributed by atoms with van der Waals surface area (Å²) in [5.41, 5.74) is 0. The second kappa shape index (κ2) is 4.94. The molecule has 0 unspecified atom stereocenters. The molecule has 15 heavy (non-hydrogen) atoms. The van der Waals surface area contributed by atoms with Crippen molar-refractivity contribution in [2.75, 3.05) is 11.0 Å². The Labute approximate surface area is 106 Å². The van der Waals surface area contributed by atoms with Crippen molar-refractivity contribution in [3.05, 3.63) is 35.2 Å². The fraction of sp³-hybridized carbons (Fsp3) is 0.182. The van der Waals surface area contributed by atoms with Gasteiger partial charge in [-0.15, -0.1) is 11.3 Å². The van der Waals surface area contributed by atoms with E-state index in [0.717, 1.165) is 25.9 Å². The van der Waals surface area contributed by atoms with Gasteiger partial charge in [0.2, 0.25) is 0 Å². The zero-order valence-corrected chi connectivity index (χ0v) is 11.0. The predicted octanol–water partition coefficient (Wildman–Crippen LogP) is 3.07. The number of nitrogens with one attached hydrogen (secondary N) is 1. The number of hydrogen-bond acceptors (Lipinski definition) is 2. The molecule has 0 fully saturated rings. The Morgan fingerprint density at radius 3 is 2.93 bits per heavy atom. The summed E-state index contributed by atoms with van der Waals surface area (Å²) in [6.45, 7) is 0.730. The maximum absolute atomic E-state index is 11.7. The van der Waals surface area contributed by atoms with E-state index in [1.807, 2.05) is 30.3 Å². The summed E-state index contributed by atoms with van der Waals surface area (Å²) in [4.78, 5) is 12.5. The van der Waals surface area contributed by atoms with Crippen LogP contribution in [0.15, 0.2) is 30.3 Å². The molecule has 4 heteroatoms. The lowest BCUT2D eigenvalue weighted by molar-refractivity contribution is 0.0960. The van der Waals surface area contributed by atoms with Gasteiger partial charge in [0.1, 0.15) is 0 Å². The number of halogens is 1. The van der Waals surface area contributed by atoms with E-state index in [0.29, 0.717) is 0 Å².